The first kappa shape index (κ1) is 29.7. The molecule has 1 fully saturated rings. The molecule has 0 aromatic carbocycles. The van der Waals surface area contributed by atoms with Crippen molar-refractivity contribution < 1.29 is 28.3 Å². The van der Waals surface area contributed by atoms with Crippen molar-refractivity contribution in [3.8, 4) is 0 Å². The molecule has 0 aliphatic carbocycles. The van der Waals surface area contributed by atoms with Crippen LogP contribution >= 0.6 is 0 Å². The largest absolute Gasteiger partial charge is 0.453 e. The summed E-state index contributed by atoms with van der Waals surface area (Å²) in [4.78, 5) is 61.8. The summed E-state index contributed by atoms with van der Waals surface area (Å²) in [6, 6.07) is -0.925. The fourth-order valence-corrected chi connectivity index (χ4v) is 4.39. The van der Waals surface area contributed by atoms with Crippen LogP contribution in [0.3, 0.4) is 0 Å². The predicted molar refractivity (Wildman–Crippen MR) is 138 cm³/mol. The van der Waals surface area contributed by atoms with E-state index in [1.54, 1.807) is 60.0 Å². The minimum atomic E-state index is -0.964. The van der Waals surface area contributed by atoms with Gasteiger partial charge in [0.2, 0.25) is 23.5 Å². The van der Waals surface area contributed by atoms with Gasteiger partial charge in [0.05, 0.1) is 13.2 Å². The van der Waals surface area contributed by atoms with E-state index in [1.165, 1.54) is 12.0 Å². The summed E-state index contributed by atoms with van der Waals surface area (Å²) < 4.78 is 10.4. The average Bonchev–Trinajstić information content (AvgIpc) is 3.60. The van der Waals surface area contributed by atoms with Crippen LogP contribution in [0, 0.1) is 11.8 Å². The third kappa shape index (κ3) is 6.58. The van der Waals surface area contributed by atoms with Crippen molar-refractivity contribution in [1.29, 1.82) is 0 Å². The Balaban J connectivity index is 1.76. The molecule has 2 aromatic rings. The number of rotatable bonds is 10. The van der Waals surface area contributed by atoms with E-state index in [0.29, 0.717) is 25.2 Å². The lowest BCUT2D eigenvalue weighted by Crippen LogP contribution is -2.57. The van der Waals surface area contributed by atoms with E-state index in [4.69, 9.17) is 4.42 Å². The monoisotopic (exact) mass is 543 g/mol. The van der Waals surface area contributed by atoms with E-state index in [9.17, 15) is 19.2 Å². The lowest BCUT2D eigenvalue weighted by atomic mass is 9.92. The Morgan fingerprint density at radius 1 is 1.03 bits per heavy atom. The normalized spacial score (nSPS) is 17.2. The van der Waals surface area contributed by atoms with Crippen LogP contribution in [-0.2, 0) is 19.7 Å². The number of ketones is 1. The highest BCUT2D eigenvalue weighted by molar-refractivity contribution is 6.00. The van der Waals surface area contributed by atoms with Gasteiger partial charge in [0.25, 0.3) is 5.89 Å². The van der Waals surface area contributed by atoms with Crippen LogP contribution in [0.5, 0.6) is 0 Å². The number of hydrogen-bond donors (Lipinski definition) is 2. The summed E-state index contributed by atoms with van der Waals surface area (Å²) in [7, 11) is 1.22. The molecule has 13 nitrogen and oxygen atoms in total. The number of methoxy groups -OCH3 is 1. The summed E-state index contributed by atoms with van der Waals surface area (Å²) in [5, 5.41) is 13.4. The number of carbonyl (C=O) groups is 4. The molecule has 1 unspecified atom stereocenters. The van der Waals surface area contributed by atoms with Gasteiger partial charge in [-0.25, -0.2) is 14.8 Å². The van der Waals surface area contributed by atoms with Crippen LogP contribution in [0.4, 0.5) is 4.79 Å². The van der Waals surface area contributed by atoms with Crippen molar-refractivity contribution in [3.63, 3.8) is 0 Å². The van der Waals surface area contributed by atoms with Crippen LogP contribution in [0.15, 0.2) is 22.9 Å². The molecule has 1 aliphatic rings. The Kier molecular flexibility index (Phi) is 9.36. The molecule has 3 amide bonds. The highest BCUT2D eigenvalue weighted by atomic mass is 16.5. The quantitative estimate of drug-likeness (QED) is 0.422. The summed E-state index contributed by atoms with van der Waals surface area (Å²) in [6.45, 7) is 11.1. The lowest BCUT2D eigenvalue weighted by Gasteiger charge is -2.31. The Hall–Kier alpha value is -3.90. The first-order valence-electron chi connectivity index (χ1n) is 13.0. The topological polar surface area (TPSA) is 170 Å². The van der Waals surface area contributed by atoms with Crippen molar-refractivity contribution in [2.24, 2.45) is 11.8 Å². The molecule has 0 bridgehead atoms. The molecule has 39 heavy (non-hydrogen) atoms. The van der Waals surface area contributed by atoms with Gasteiger partial charge in [0.1, 0.15) is 23.3 Å². The molecule has 1 aliphatic heterocycles. The summed E-state index contributed by atoms with van der Waals surface area (Å²) >= 11 is 0. The van der Waals surface area contributed by atoms with Crippen LogP contribution in [0.2, 0.25) is 0 Å². The molecule has 3 heterocycles. The first-order chi connectivity index (χ1) is 18.4. The van der Waals surface area contributed by atoms with E-state index in [1.807, 2.05) is 0 Å². The van der Waals surface area contributed by atoms with E-state index in [2.05, 4.69) is 35.5 Å². The lowest BCUT2D eigenvalue weighted by molar-refractivity contribution is -0.141. The third-order valence-electron chi connectivity index (χ3n) is 6.77. The van der Waals surface area contributed by atoms with Gasteiger partial charge in [0, 0.05) is 18.9 Å². The third-order valence-corrected chi connectivity index (χ3v) is 6.77. The van der Waals surface area contributed by atoms with Crippen molar-refractivity contribution >= 4 is 23.7 Å². The minimum Gasteiger partial charge on any atom is -0.453 e. The Bertz CT molecular complexity index is 1180. The summed E-state index contributed by atoms with van der Waals surface area (Å²) in [6.07, 6.45) is 3.51. The Morgan fingerprint density at radius 2 is 1.67 bits per heavy atom. The molecular weight excluding hydrogens is 506 g/mol. The Morgan fingerprint density at radius 3 is 2.26 bits per heavy atom. The molecule has 0 radical (unpaired) electrons. The zero-order valence-electron chi connectivity index (χ0n) is 23.4. The second-order valence-electron chi connectivity index (χ2n) is 10.8. The maximum Gasteiger partial charge on any atom is 0.407 e. The molecule has 3 atom stereocenters. The number of nitrogens with zero attached hydrogens (tertiary/aromatic N) is 5. The number of aromatic nitrogens is 4. The second kappa shape index (κ2) is 12.3. The van der Waals surface area contributed by atoms with Gasteiger partial charge in [0.15, 0.2) is 0 Å². The van der Waals surface area contributed by atoms with Gasteiger partial charge in [-0.05, 0) is 44.6 Å². The number of alkyl carbamates (subject to hydrolysis) is 1. The maximum absolute atomic E-state index is 13.4. The van der Waals surface area contributed by atoms with Crippen molar-refractivity contribution in [2.75, 3.05) is 13.7 Å². The number of likely N-dealkylation sites (tertiary alicyclic amines) is 1. The zero-order valence-corrected chi connectivity index (χ0v) is 23.4. The van der Waals surface area contributed by atoms with Gasteiger partial charge in [-0.2, -0.15) is 0 Å². The van der Waals surface area contributed by atoms with Crippen molar-refractivity contribution in [3.05, 3.63) is 36.1 Å². The maximum atomic E-state index is 13.4. The zero-order chi connectivity index (χ0) is 28.9. The average molecular weight is 544 g/mol. The molecule has 2 N–H and O–H groups in total. The SMILES string of the molecule is COC(=O)N[C@H](C(=O)N1CCC[C@H]1C(=O)NC(C(=O)c1nnc(C(C)(C)c2ncccn2)o1)C(C)C)C(C)C. The number of carbonyl (C=O) groups excluding carboxylic acids is 4. The van der Waals surface area contributed by atoms with Gasteiger partial charge in [-0.3, -0.25) is 14.4 Å². The molecule has 1 saturated heterocycles. The summed E-state index contributed by atoms with van der Waals surface area (Å²) in [5.74, 6) is -1.55. The van der Waals surface area contributed by atoms with E-state index in [0.717, 1.165) is 0 Å². The van der Waals surface area contributed by atoms with E-state index in [-0.39, 0.29) is 29.5 Å². The van der Waals surface area contributed by atoms with E-state index < -0.39 is 41.3 Å². The molecule has 3 rings (SSSR count). The molecule has 212 valence electrons. The fraction of sp³-hybridized carbons (Fsp3) is 0.615. The number of ether oxygens (including phenoxy) is 1. The number of hydrogen-bond acceptors (Lipinski definition) is 10. The van der Waals surface area contributed by atoms with Crippen LogP contribution in [-0.4, -0.2) is 80.5 Å². The van der Waals surface area contributed by atoms with Crippen LogP contribution in [0.25, 0.3) is 0 Å². The molecule has 2 aromatic heterocycles. The number of nitrogens with one attached hydrogen (secondary N) is 2. The van der Waals surface area contributed by atoms with Crippen LogP contribution in [0.1, 0.15) is 76.8 Å². The van der Waals surface area contributed by atoms with Gasteiger partial charge < -0.3 is 24.7 Å². The fourth-order valence-electron chi connectivity index (χ4n) is 4.39. The molecule has 0 spiro atoms. The number of amides is 3. The van der Waals surface area contributed by atoms with Crippen LogP contribution < -0.4 is 10.6 Å². The van der Waals surface area contributed by atoms with Crippen molar-refractivity contribution in [2.45, 2.75) is 77.9 Å². The first-order valence-corrected chi connectivity index (χ1v) is 13.0. The van der Waals surface area contributed by atoms with Gasteiger partial charge >= 0.3 is 6.09 Å². The highest BCUT2D eigenvalue weighted by Crippen LogP contribution is 2.28. The smallest absolute Gasteiger partial charge is 0.407 e. The Labute approximate surface area is 227 Å². The molecule has 13 heteroatoms. The highest BCUT2D eigenvalue weighted by Gasteiger charge is 2.41. The van der Waals surface area contributed by atoms with Gasteiger partial charge in [-0.15, -0.1) is 10.2 Å². The van der Waals surface area contributed by atoms with E-state index >= 15 is 0 Å². The second-order valence-corrected chi connectivity index (χ2v) is 10.8. The minimum absolute atomic E-state index is 0.163. The van der Waals surface area contributed by atoms with Crippen molar-refractivity contribution in [1.82, 2.24) is 35.7 Å². The predicted octanol–water partition coefficient (Wildman–Crippen LogP) is 1.88. The molecular formula is C26H37N7O6. The standard InChI is InChI=1S/C26H37N7O6/c1-14(2)17(19(34)21-31-32-24(39-21)26(5,6)23-27-11-9-12-28-23)29-20(35)16-10-8-13-33(16)22(36)18(15(3)4)30-25(37)38-7/h9,11-12,14-18H,8,10,13H2,1-7H3,(H,29,35)(H,30,37)/t16-,17?,18-/m0/s1. The molecule has 0 saturated carbocycles. The summed E-state index contributed by atoms with van der Waals surface area (Å²) in [5.41, 5.74) is -0.848. The number of Topliss-reactive ketones (excluding diaryl/α,β-unsaturated/α-hetero) is 1. The van der Waals surface area contributed by atoms with Gasteiger partial charge in [-0.1, -0.05) is 27.7 Å².